The number of carbonyl (C=O) groups excluding carboxylic acids is 1. The van der Waals surface area contributed by atoms with Crippen molar-refractivity contribution in [3.63, 3.8) is 0 Å². The van der Waals surface area contributed by atoms with Crippen LogP contribution in [0.4, 0.5) is 0 Å². The molecule has 0 aliphatic carbocycles. The Morgan fingerprint density at radius 2 is 1.89 bits per heavy atom. The van der Waals surface area contributed by atoms with E-state index in [9.17, 15) is 4.79 Å². The van der Waals surface area contributed by atoms with E-state index in [0.29, 0.717) is 0 Å². The van der Waals surface area contributed by atoms with Crippen LogP contribution in [0.5, 0.6) is 0 Å². The van der Waals surface area contributed by atoms with Gasteiger partial charge in [0.2, 0.25) is 0 Å². The van der Waals surface area contributed by atoms with E-state index in [-0.39, 0.29) is 11.9 Å². The van der Waals surface area contributed by atoms with E-state index in [1.54, 1.807) is 6.20 Å². The number of rotatable bonds is 3. The van der Waals surface area contributed by atoms with Gasteiger partial charge < -0.3 is 4.90 Å². The summed E-state index contributed by atoms with van der Waals surface area (Å²) in [4.78, 5) is 21.4. The van der Waals surface area contributed by atoms with Gasteiger partial charge in [-0.3, -0.25) is 9.78 Å². The first kappa shape index (κ1) is 17.4. The zero-order valence-electron chi connectivity index (χ0n) is 15.7. The van der Waals surface area contributed by atoms with Crippen molar-refractivity contribution in [1.29, 1.82) is 0 Å². The van der Waals surface area contributed by atoms with Gasteiger partial charge in [0.1, 0.15) is 0 Å². The number of nitrogens with zero attached hydrogens (tertiary/aromatic N) is 2. The first-order chi connectivity index (χ1) is 13.8. The minimum absolute atomic E-state index is 0.120. The lowest BCUT2D eigenvalue weighted by Gasteiger charge is -2.36. The summed E-state index contributed by atoms with van der Waals surface area (Å²) in [5, 5.41) is 2.32. The summed E-state index contributed by atoms with van der Waals surface area (Å²) in [5.74, 6) is 0.120. The second-order valence-corrected chi connectivity index (χ2v) is 8.65. The number of piperidine rings is 1. The number of pyridine rings is 1. The molecule has 1 aliphatic heterocycles. The number of hydrogen-bond acceptors (Lipinski definition) is 3. The largest absolute Gasteiger partial charge is 0.335 e. The summed E-state index contributed by atoms with van der Waals surface area (Å²) >= 11 is 1.85. The maximum Gasteiger partial charge on any atom is 0.256 e. The molecule has 5 rings (SSSR count). The third-order valence-electron chi connectivity index (χ3n) is 5.66. The summed E-state index contributed by atoms with van der Waals surface area (Å²) in [6.45, 7) is 0.831. The smallest absolute Gasteiger partial charge is 0.256 e. The molecule has 28 heavy (non-hydrogen) atoms. The molecule has 3 nitrogen and oxygen atoms in total. The number of likely N-dealkylation sites (tertiary alicyclic amines) is 1. The number of amides is 1. The summed E-state index contributed by atoms with van der Waals surface area (Å²) in [7, 11) is 0. The highest BCUT2D eigenvalue weighted by Gasteiger charge is 2.29. The molecule has 0 saturated carbocycles. The Morgan fingerprint density at radius 3 is 2.82 bits per heavy atom. The molecule has 0 spiro atoms. The zero-order valence-corrected chi connectivity index (χ0v) is 16.5. The Morgan fingerprint density at radius 1 is 1.04 bits per heavy atom. The van der Waals surface area contributed by atoms with Gasteiger partial charge in [-0.2, -0.15) is 0 Å². The predicted octanol–water partition coefficient (Wildman–Crippen LogP) is 5.69. The van der Waals surface area contributed by atoms with Gasteiger partial charge in [-0.05, 0) is 48.9 Å². The number of thiophene rings is 1. The lowest BCUT2D eigenvalue weighted by atomic mass is 9.97. The normalized spacial score (nSPS) is 17.3. The standard InChI is InChI=1S/C24H22N2OS/c27-24(21-11-5-8-17-9-6-13-25-23(17)21)26-14-4-3-10-19(26)16-20-15-18-7-1-2-12-22(18)28-20/h1-2,5-9,11-13,15,19H,3-4,10,14,16H2. The van der Waals surface area contributed by atoms with Crippen molar-refractivity contribution in [3.8, 4) is 0 Å². The van der Waals surface area contributed by atoms with Crippen LogP contribution in [-0.4, -0.2) is 28.4 Å². The number of hydrogen-bond donors (Lipinski definition) is 0. The molecule has 1 fully saturated rings. The van der Waals surface area contributed by atoms with Crippen molar-refractivity contribution in [3.05, 3.63) is 77.3 Å². The van der Waals surface area contributed by atoms with Crippen molar-refractivity contribution in [2.45, 2.75) is 31.7 Å². The van der Waals surface area contributed by atoms with Crippen LogP contribution in [0.25, 0.3) is 21.0 Å². The Balaban J connectivity index is 1.45. The Hall–Kier alpha value is -2.72. The second kappa shape index (κ2) is 7.36. The predicted molar refractivity (Wildman–Crippen MR) is 116 cm³/mol. The summed E-state index contributed by atoms with van der Waals surface area (Å²) in [5.41, 5.74) is 1.53. The van der Waals surface area contributed by atoms with Crippen LogP contribution in [0, 0.1) is 0 Å². The highest BCUT2D eigenvalue weighted by molar-refractivity contribution is 7.19. The van der Waals surface area contributed by atoms with E-state index in [1.165, 1.54) is 21.4 Å². The maximum absolute atomic E-state index is 13.5. The molecular weight excluding hydrogens is 364 g/mol. The lowest BCUT2D eigenvalue weighted by Crippen LogP contribution is -2.44. The lowest BCUT2D eigenvalue weighted by molar-refractivity contribution is 0.0616. The third kappa shape index (κ3) is 3.18. The summed E-state index contributed by atoms with van der Waals surface area (Å²) in [6.07, 6.45) is 6.03. The van der Waals surface area contributed by atoms with Gasteiger partial charge in [0, 0.05) is 40.2 Å². The van der Waals surface area contributed by atoms with Crippen LogP contribution in [0.1, 0.15) is 34.5 Å². The van der Waals surface area contributed by atoms with Crippen molar-refractivity contribution in [2.24, 2.45) is 0 Å². The quantitative estimate of drug-likeness (QED) is 0.453. The molecule has 2 aromatic heterocycles. The fourth-order valence-electron chi connectivity index (χ4n) is 4.28. The third-order valence-corrected chi connectivity index (χ3v) is 6.80. The van der Waals surface area contributed by atoms with E-state index in [0.717, 1.165) is 42.3 Å². The van der Waals surface area contributed by atoms with Crippen molar-refractivity contribution in [1.82, 2.24) is 9.88 Å². The van der Waals surface area contributed by atoms with Crippen LogP contribution in [0.2, 0.25) is 0 Å². The molecule has 1 amide bonds. The molecular formula is C24H22N2OS. The van der Waals surface area contributed by atoms with Crippen LogP contribution in [0.3, 0.4) is 0 Å². The Bertz CT molecular complexity index is 1110. The Labute approximate surface area is 168 Å². The number of carbonyl (C=O) groups is 1. The van der Waals surface area contributed by atoms with E-state index in [4.69, 9.17) is 0 Å². The fourth-order valence-corrected chi connectivity index (χ4v) is 5.42. The molecule has 3 heterocycles. The number of para-hydroxylation sites is 1. The van der Waals surface area contributed by atoms with Gasteiger partial charge in [0.15, 0.2) is 0 Å². The summed E-state index contributed by atoms with van der Waals surface area (Å²) in [6, 6.07) is 20.9. The van der Waals surface area contributed by atoms with Gasteiger partial charge in [-0.15, -0.1) is 11.3 Å². The molecule has 4 aromatic rings. The average molecular weight is 387 g/mol. The van der Waals surface area contributed by atoms with Crippen molar-refractivity contribution >= 4 is 38.2 Å². The van der Waals surface area contributed by atoms with Gasteiger partial charge >= 0.3 is 0 Å². The molecule has 0 N–H and O–H groups in total. The number of benzene rings is 2. The van der Waals surface area contributed by atoms with E-state index >= 15 is 0 Å². The molecule has 1 atom stereocenters. The molecule has 0 radical (unpaired) electrons. The van der Waals surface area contributed by atoms with E-state index in [2.05, 4.69) is 40.2 Å². The molecule has 0 bridgehead atoms. The molecule has 140 valence electrons. The summed E-state index contributed by atoms with van der Waals surface area (Å²) < 4.78 is 1.32. The SMILES string of the molecule is O=C(c1cccc2cccnc12)N1CCCCC1Cc1cc2ccccc2s1. The van der Waals surface area contributed by atoms with Gasteiger partial charge in [-0.25, -0.2) is 0 Å². The van der Waals surface area contributed by atoms with E-state index < -0.39 is 0 Å². The molecule has 1 saturated heterocycles. The molecule has 1 aliphatic rings. The monoisotopic (exact) mass is 386 g/mol. The zero-order chi connectivity index (χ0) is 18.9. The highest BCUT2D eigenvalue weighted by Crippen LogP contribution is 2.30. The minimum Gasteiger partial charge on any atom is -0.335 e. The first-order valence-electron chi connectivity index (χ1n) is 9.92. The average Bonchev–Trinajstić information content (AvgIpc) is 3.15. The topological polar surface area (TPSA) is 33.2 Å². The molecule has 4 heteroatoms. The molecule has 2 aromatic carbocycles. The first-order valence-corrected chi connectivity index (χ1v) is 10.7. The maximum atomic E-state index is 13.5. The van der Waals surface area contributed by atoms with Crippen LogP contribution in [-0.2, 0) is 6.42 Å². The second-order valence-electron chi connectivity index (χ2n) is 7.48. The van der Waals surface area contributed by atoms with Crippen LogP contribution >= 0.6 is 11.3 Å². The minimum atomic E-state index is 0.120. The Kier molecular flexibility index (Phi) is 4.57. The van der Waals surface area contributed by atoms with Crippen molar-refractivity contribution in [2.75, 3.05) is 6.54 Å². The van der Waals surface area contributed by atoms with E-state index in [1.807, 2.05) is 41.7 Å². The van der Waals surface area contributed by atoms with Crippen LogP contribution < -0.4 is 0 Å². The van der Waals surface area contributed by atoms with Gasteiger partial charge in [0.25, 0.3) is 5.91 Å². The van der Waals surface area contributed by atoms with Crippen molar-refractivity contribution < 1.29 is 4.79 Å². The number of fused-ring (bicyclic) bond motifs is 2. The van der Waals surface area contributed by atoms with Gasteiger partial charge in [-0.1, -0.05) is 36.4 Å². The fraction of sp³-hybridized carbons (Fsp3) is 0.250. The number of aromatic nitrogens is 1. The van der Waals surface area contributed by atoms with Gasteiger partial charge in [0.05, 0.1) is 11.1 Å². The molecule has 1 unspecified atom stereocenters. The van der Waals surface area contributed by atoms with Crippen LogP contribution in [0.15, 0.2) is 66.9 Å². The highest BCUT2D eigenvalue weighted by atomic mass is 32.1.